The third kappa shape index (κ3) is 4.82. The largest absolute Gasteiger partial charge is 0.396 e. The first kappa shape index (κ1) is 21.6. The van der Waals surface area contributed by atoms with Crippen molar-refractivity contribution in [1.82, 2.24) is 5.06 Å². The summed E-state index contributed by atoms with van der Waals surface area (Å²) in [4.78, 5) is 6.36. The van der Waals surface area contributed by atoms with E-state index >= 15 is 0 Å². The Bertz CT molecular complexity index is 1040. The van der Waals surface area contributed by atoms with Crippen molar-refractivity contribution in [3.05, 3.63) is 101 Å². The molecule has 0 spiro atoms. The summed E-state index contributed by atoms with van der Waals surface area (Å²) in [5.74, 6) is 0. The predicted octanol–water partition coefficient (Wildman–Crippen LogP) is 6.23. The number of hydrogen-bond donors (Lipinski definition) is 1. The summed E-state index contributed by atoms with van der Waals surface area (Å²) in [6.45, 7) is 0.112. The highest BCUT2D eigenvalue weighted by molar-refractivity contribution is 6.30. The van der Waals surface area contributed by atoms with E-state index in [2.05, 4.69) is 12.1 Å². The normalized spacial score (nSPS) is 15.9. The van der Waals surface area contributed by atoms with Crippen molar-refractivity contribution in [2.75, 3.05) is 19.8 Å². The van der Waals surface area contributed by atoms with Gasteiger partial charge in [-0.25, -0.2) is 0 Å². The van der Waals surface area contributed by atoms with Crippen LogP contribution in [0.3, 0.4) is 0 Å². The molecule has 3 nitrogen and oxygen atoms in total. The van der Waals surface area contributed by atoms with Crippen molar-refractivity contribution in [2.24, 2.45) is 0 Å². The van der Waals surface area contributed by atoms with Gasteiger partial charge in [-0.05, 0) is 58.9 Å². The zero-order chi connectivity index (χ0) is 21.6. The highest BCUT2D eigenvalue weighted by Crippen LogP contribution is 2.41. The van der Waals surface area contributed by atoms with Gasteiger partial charge < -0.3 is 5.11 Å². The maximum Gasteiger partial charge on any atom is 0.132 e. The lowest BCUT2D eigenvalue weighted by Crippen LogP contribution is -2.21. The fourth-order valence-corrected chi connectivity index (χ4v) is 4.11. The molecule has 0 bridgehead atoms. The zero-order valence-corrected chi connectivity index (χ0v) is 17.9. The second-order valence-electron chi connectivity index (χ2n) is 7.45. The molecule has 1 N–H and O–H groups in total. The molecule has 5 heteroatoms. The molecule has 31 heavy (non-hydrogen) atoms. The molecule has 1 aliphatic heterocycles. The molecule has 1 heterocycles. The Morgan fingerprint density at radius 2 is 1.71 bits per heavy atom. The Morgan fingerprint density at radius 3 is 2.42 bits per heavy atom. The molecule has 3 aromatic rings. The first-order valence-electron chi connectivity index (χ1n) is 10.5. The number of nitrogens with zero attached hydrogens (tertiary/aromatic N) is 1. The second-order valence-corrected chi connectivity index (χ2v) is 7.88. The number of aliphatic hydroxyl groups is 1. The molecule has 0 saturated carbocycles. The molecule has 1 unspecified atom stereocenters. The van der Waals surface area contributed by atoms with Crippen LogP contribution in [0.1, 0.15) is 29.2 Å². The SMILES string of the molecule is OCCc1cccc(-c2ccc(Cl)cc2)c1C1C=C(c2ccccc2)N(CCCF)O1. The van der Waals surface area contributed by atoms with Crippen LogP contribution in [0.5, 0.6) is 0 Å². The molecule has 0 amide bonds. The van der Waals surface area contributed by atoms with Crippen LogP contribution in [0.4, 0.5) is 4.39 Å². The van der Waals surface area contributed by atoms with Crippen molar-refractivity contribution >= 4 is 17.3 Å². The van der Waals surface area contributed by atoms with Crippen molar-refractivity contribution in [1.29, 1.82) is 0 Å². The standard InChI is InChI=1S/C26H25ClFNO2/c27-22-12-10-19(11-13-22)23-9-4-8-21(14-17-30)26(23)25-18-24(20-6-2-1-3-7-20)29(31-25)16-5-15-28/h1-4,6-13,18,25,30H,5,14-17H2. The van der Waals surface area contributed by atoms with E-state index in [0.29, 0.717) is 24.4 Å². The Kier molecular flexibility index (Phi) is 7.03. The summed E-state index contributed by atoms with van der Waals surface area (Å²) in [6, 6.07) is 23.8. The first-order chi connectivity index (χ1) is 15.2. The fraction of sp³-hybridized carbons (Fsp3) is 0.231. The third-order valence-electron chi connectivity index (χ3n) is 5.40. The molecule has 1 atom stereocenters. The van der Waals surface area contributed by atoms with Crippen LogP contribution >= 0.6 is 11.6 Å². The van der Waals surface area contributed by atoms with Gasteiger partial charge in [0.2, 0.25) is 0 Å². The Balaban J connectivity index is 1.80. The number of alkyl halides is 1. The molecule has 0 aliphatic carbocycles. The van der Waals surface area contributed by atoms with Gasteiger partial charge >= 0.3 is 0 Å². The molecule has 0 fully saturated rings. The summed E-state index contributed by atoms with van der Waals surface area (Å²) < 4.78 is 12.9. The first-order valence-corrected chi connectivity index (χ1v) is 10.8. The lowest BCUT2D eigenvalue weighted by Gasteiger charge is -2.24. The summed E-state index contributed by atoms with van der Waals surface area (Å²) in [7, 11) is 0. The minimum Gasteiger partial charge on any atom is -0.396 e. The quantitative estimate of drug-likeness (QED) is 0.453. The maximum atomic E-state index is 12.9. The summed E-state index contributed by atoms with van der Waals surface area (Å²) >= 11 is 6.10. The van der Waals surface area contributed by atoms with E-state index in [0.717, 1.165) is 33.5 Å². The number of hydrogen-bond acceptors (Lipinski definition) is 3. The van der Waals surface area contributed by atoms with Crippen LogP contribution in [0, 0.1) is 0 Å². The highest BCUT2D eigenvalue weighted by atomic mass is 35.5. The smallest absolute Gasteiger partial charge is 0.132 e. The van der Waals surface area contributed by atoms with Gasteiger partial charge in [0, 0.05) is 18.2 Å². The molecule has 4 rings (SSSR count). The molecular weight excluding hydrogens is 413 g/mol. The van der Waals surface area contributed by atoms with Crippen LogP contribution in [-0.4, -0.2) is 30.0 Å². The monoisotopic (exact) mass is 437 g/mol. The van der Waals surface area contributed by atoms with Crippen molar-refractivity contribution in [3.8, 4) is 11.1 Å². The lowest BCUT2D eigenvalue weighted by molar-refractivity contribution is -0.124. The average Bonchev–Trinajstić information content (AvgIpc) is 3.22. The minimum atomic E-state index is -0.399. The van der Waals surface area contributed by atoms with Crippen molar-refractivity contribution in [2.45, 2.75) is 18.9 Å². The molecule has 0 aromatic heterocycles. The number of halogens is 2. The van der Waals surface area contributed by atoms with E-state index in [1.54, 1.807) is 5.06 Å². The van der Waals surface area contributed by atoms with Crippen LogP contribution in [-0.2, 0) is 11.3 Å². The van der Waals surface area contributed by atoms with Crippen molar-refractivity contribution < 1.29 is 14.3 Å². The van der Waals surface area contributed by atoms with E-state index in [9.17, 15) is 9.50 Å². The summed E-state index contributed by atoms with van der Waals surface area (Å²) in [5.41, 5.74) is 6.05. The third-order valence-corrected chi connectivity index (χ3v) is 5.65. The van der Waals surface area contributed by atoms with E-state index < -0.39 is 6.67 Å². The summed E-state index contributed by atoms with van der Waals surface area (Å²) in [5, 5.41) is 12.1. The van der Waals surface area contributed by atoms with Gasteiger partial charge in [-0.1, -0.05) is 72.3 Å². The van der Waals surface area contributed by atoms with Gasteiger partial charge in [0.25, 0.3) is 0 Å². The van der Waals surface area contributed by atoms with E-state index in [-0.39, 0.29) is 12.7 Å². The number of benzene rings is 3. The Hall–Kier alpha value is -2.66. The summed E-state index contributed by atoms with van der Waals surface area (Å²) in [6.07, 6.45) is 2.65. The molecular formula is C26H25ClFNO2. The predicted molar refractivity (Wildman–Crippen MR) is 123 cm³/mol. The van der Waals surface area contributed by atoms with Crippen LogP contribution in [0.15, 0.2) is 78.9 Å². The molecule has 0 saturated heterocycles. The number of aliphatic hydroxyl groups excluding tert-OH is 1. The minimum absolute atomic E-state index is 0.0462. The van der Waals surface area contributed by atoms with Gasteiger partial charge in [-0.3, -0.25) is 14.3 Å². The van der Waals surface area contributed by atoms with Gasteiger partial charge in [-0.2, -0.15) is 0 Å². The van der Waals surface area contributed by atoms with E-state index in [4.69, 9.17) is 16.4 Å². The highest BCUT2D eigenvalue weighted by Gasteiger charge is 2.30. The lowest BCUT2D eigenvalue weighted by atomic mass is 9.90. The van der Waals surface area contributed by atoms with Crippen molar-refractivity contribution in [3.63, 3.8) is 0 Å². The average molecular weight is 438 g/mol. The zero-order valence-electron chi connectivity index (χ0n) is 17.2. The van der Waals surface area contributed by atoms with Crippen LogP contribution < -0.4 is 0 Å². The van der Waals surface area contributed by atoms with Gasteiger partial charge in [0.15, 0.2) is 0 Å². The maximum absolute atomic E-state index is 12.9. The molecule has 160 valence electrons. The van der Waals surface area contributed by atoms with Gasteiger partial charge in [0.05, 0.1) is 12.4 Å². The number of hydroxylamine groups is 2. The number of rotatable bonds is 8. The fourth-order valence-electron chi connectivity index (χ4n) is 3.98. The Labute approximate surface area is 187 Å². The second kappa shape index (κ2) is 10.1. The Morgan fingerprint density at radius 1 is 0.935 bits per heavy atom. The molecule has 1 aliphatic rings. The molecule has 0 radical (unpaired) electrons. The van der Waals surface area contributed by atoms with Crippen LogP contribution in [0.2, 0.25) is 5.02 Å². The van der Waals surface area contributed by atoms with Crippen LogP contribution in [0.25, 0.3) is 16.8 Å². The topological polar surface area (TPSA) is 32.7 Å². The van der Waals surface area contributed by atoms with Gasteiger partial charge in [-0.15, -0.1) is 0 Å². The van der Waals surface area contributed by atoms with E-state index in [1.807, 2.05) is 66.7 Å². The van der Waals surface area contributed by atoms with E-state index in [1.165, 1.54) is 0 Å². The van der Waals surface area contributed by atoms with Gasteiger partial charge in [0.1, 0.15) is 6.10 Å². The molecule has 3 aromatic carbocycles.